The SMILES string of the molecule is OC(c1nn[nH]n1)C(F)(F)F. The summed E-state index contributed by atoms with van der Waals surface area (Å²) in [6, 6.07) is 0. The smallest absolute Gasteiger partial charge is 0.377 e. The minimum atomic E-state index is -4.75. The lowest BCUT2D eigenvalue weighted by atomic mass is 10.3. The van der Waals surface area contributed by atoms with Crippen molar-refractivity contribution >= 4 is 0 Å². The summed E-state index contributed by atoms with van der Waals surface area (Å²) in [7, 11) is 0. The normalized spacial score (nSPS) is 14.9. The Morgan fingerprint density at radius 2 is 2.09 bits per heavy atom. The molecule has 0 aliphatic heterocycles. The minimum absolute atomic E-state index is 0.780. The van der Waals surface area contributed by atoms with Crippen LogP contribution in [-0.4, -0.2) is 31.9 Å². The fourth-order valence-electron chi connectivity index (χ4n) is 0.432. The molecular formula is C3H3F3N4O. The van der Waals surface area contributed by atoms with Gasteiger partial charge in [-0.15, -0.1) is 10.2 Å². The van der Waals surface area contributed by atoms with E-state index in [1.807, 2.05) is 5.21 Å². The van der Waals surface area contributed by atoms with Crippen molar-refractivity contribution in [3.05, 3.63) is 5.82 Å². The van der Waals surface area contributed by atoms with Gasteiger partial charge < -0.3 is 5.11 Å². The van der Waals surface area contributed by atoms with Crippen LogP contribution < -0.4 is 0 Å². The molecule has 1 aromatic rings. The molecule has 0 radical (unpaired) electrons. The number of hydrogen-bond acceptors (Lipinski definition) is 4. The predicted molar refractivity (Wildman–Crippen MR) is 25.2 cm³/mol. The highest BCUT2D eigenvalue weighted by atomic mass is 19.4. The van der Waals surface area contributed by atoms with Gasteiger partial charge in [0.25, 0.3) is 0 Å². The quantitative estimate of drug-likeness (QED) is 0.608. The van der Waals surface area contributed by atoms with Gasteiger partial charge in [-0.2, -0.15) is 18.4 Å². The molecule has 0 spiro atoms. The molecule has 0 aliphatic rings. The van der Waals surface area contributed by atoms with Gasteiger partial charge in [-0.05, 0) is 0 Å². The summed E-state index contributed by atoms with van der Waals surface area (Å²) in [5.41, 5.74) is 0. The predicted octanol–water partition coefficient (Wildman–Crippen LogP) is -0.205. The van der Waals surface area contributed by atoms with Crippen LogP contribution in [0, 0.1) is 0 Å². The lowest BCUT2D eigenvalue weighted by molar-refractivity contribution is -0.209. The average molecular weight is 168 g/mol. The second-order valence-electron chi connectivity index (χ2n) is 1.71. The number of aliphatic hydroxyl groups excluding tert-OH is 1. The number of H-pyrrole nitrogens is 1. The maximum atomic E-state index is 11.6. The van der Waals surface area contributed by atoms with Crippen LogP contribution >= 0.6 is 0 Å². The van der Waals surface area contributed by atoms with E-state index >= 15 is 0 Å². The number of tetrazole rings is 1. The number of halogens is 3. The second-order valence-corrected chi connectivity index (χ2v) is 1.71. The molecule has 2 N–H and O–H groups in total. The van der Waals surface area contributed by atoms with Crippen LogP contribution in [0.1, 0.15) is 11.9 Å². The fourth-order valence-corrected chi connectivity index (χ4v) is 0.432. The van der Waals surface area contributed by atoms with Crippen LogP contribution in [0.5, 0.6) is 0 Å². The van der Waals surface area contributed by atoms with Crippen molar-refractivity contribution in [3.63, 3.8) is 0 Å². The zero-order chi connectivity index (χ0) is 8.48. The Bertz CT molecular complexity index is 219. The molecule has 11 heavy (non-hydrogen) atoms. The summed E-state index contributed by atoms with van der Waals surface area (Å²) in [4.78, 5) is 0. The first kappa shape index (κ1) is 7.92. The molecule has 1 unspecified atom stereocenters. The highest BCUT2D eigenvalue weighted by Gasteiger charge is 2.42. The van der Waals surface area contributed by atoms with Crippen molar-refractivity contribution in [3.8, 4) is 0 Å². The summed E-state index contributed by atoms with van der Waals surface area (Å²) in [6.45, 7) is 0. The minimum Gasteiger partial charge on any atom is -0.377 e. The molecule has 62 valence electrons. The third kappa shape index (κ3) is 1.64. The lowest BCUT2D eigenvalue weighted by Crippen LogP contribution is -2.21. The van der Waals surface area contributed by atoms with E-state index in [4.69, 9.17) is 5.11 Å². The number of alkyl halides is 3. The van der Waals surface area contributed by atoms with E-state index in [0.717, 1.165) is 0 Å². The molecule has 0 amide bonds. The molecule has 1 aromatic heterocycles. The Hall–Kier alpha value is -1.18. The van der Waals surface area contributed by atoms with E-state index in [-0.39, 0.29) is 0 Å². The number of nitrogens with zero attached hydrogens (tertiary/aromatic N) is 3. The first-order valence-corrected chi connectivity index (χ1v) is 2.50. The van der Waals surface area contributed by atoms with E-state index < -0.39 is 18.1 Å². The maximum Gasteiger partial charge on any atom is 0.421 e. The Balaban J connectivity index is 2.78. The number of hydrogen-bond donors (Lipinski definition) is 2. The summed E-state index contributed by atoms with van der Waals surface area (Å²) in [5.74, 6) is -0.780. The average Bonchev–Trinajstić information content (AvgIpc) is 2.34. The van der Waals surface area contributed by atoms with Crippen molar-refractivity contribution in [1.82, 2.24) is 20.6 Å². The third-order valence-corrected chi connectivity index (χ3v) is 0.916. The molecule has 0 saturated heterocycles. The standard InChI is InChI=1S/C3H3F3N4O/c4-3(5,6)1(11)2-7-9-10-8-2/h1,11H,(H,7,8,9,10). The van der Waals surface area contributed by atoms with Crippen LogP contribution in [0.4, 0.5) is 13.2 Å². The summed E-state index contributed by atoms with van der Waals surface area (Å²) in [5, 5.41) is 19.0. The van der Waals surface area contributed by atoms with Crippen LogP contribution in [0.15, 0.2) is 0 Å². The molecule has 0 aromatic carbocycles. The molecule has 1 rings (SSSR count). The number of rotatable bonds is 1. The second kappa shape index (κ2) is 2.46. The molecule has 0 bridgehead atoms. The first-order chi connectivity index (χ1) is 5.02. The van der Waals surface area contributed by atoms with Crippen LogP contribution in [0.25, 0.3) is 0 Å². The third-order valence-electron chi connectivity index (χ3n) is 0.916. The molecule has 0 fully saturated rings. The topological polar surface area (TPSA) is 74.7 Å². The number of aromatic nitrogens is 4. The van der Waals surface area contributed by atoms with E-state index in [2.05, 4.69) is 15.4 Å². The van der Waals surface area contributed by atoms with E-state index in [0.29, 0.717) is 0 Å². The van der Waals surface area contributed by atoms with E-state index in [1.165, 1.54) is 0 Å². The summed E-state index contributed by atoms with van der Waals surface area (Å²) >= 11 is 0. The Morgan fingerprint density at radius 1 is 1.45 bits per heavy atom. The van der Waals surface area contributed by atoms with E-state index in [1.54, 1.807) is 0 Å². The molecule has 1 atom stereocenters. The van der Waals surface area contributed by atoms with Gasteiger partial charge in [-0.25, -0.2) is 0 Å². The summed E-state index contributed by atoms with van der Waals surface area (Å²) in [6.07, 6.45) is -7.41. The largest absolute Gasteiger partial charge is 0.421 e. The van der Waals surface area contributed by atoms with Crippen molar-refractivity contribution in [2.75, 3.05) is 0 Å². The molecular weight excluding hydrogens is 165 g/mol. The Kier molecular flexibility index (Phi) is 1.77. The zero-order valence-electron chi connectivity index (χ0n) is 5.00. The van der Waals surface area contributed by atoms with Crippen molar-refractivity contribution < 1.29 is 18.3 Å². The fraction of sp³-hybridized carbons (Fsp3) is 0.667. The number of aliphatic hydroxyl groups is 1. The highest BCUT2D eigenvalue weighted by molar-refractivity contribution is 4.87. The van der Waals surface area contributed by atoms with Crippen molar-refractivity contribution in [2.24, 2.45) is 0 Å². The van der Waals surface area contributed by atoms with Crippen molar-refractivity contribution in [2.45, 2.75) is 12.3 Å². The van der Waals surface area contributed by atoms with Gasteiger partial charge in [-0.1, -0.05) is 5.21 Å². The van der Waals surface area contributed by atoms with Gasteiger partial charge in [0.05, 0.1) is 0 Å². The van der Waals surface area contributed by atoms with E-state index in [9.17, 15) is 13.2 Å². The lowest BCUT2D eigenvalue weighted by Gasteiger charge is -2.08. The van der Waals surface area contributed by atoms with Gasteiger partial charge in [0.2, 0.25) is 11.9 Å². The molecule has 5 nitrogen and oxygen atoms in total. The molecule has 8 heteroatoms. The monoisotopic (exact) mass is 168 g/mol. The highest BCUT2D eigenvalue weighted by Crippen LogP contribution is 2.29. The van der Waals surface area contributed by atoms with Crippen LogP contribution in [0.3, 0.4) is 0 Å². The van der Waals surface area contributed by atoms with Gasteiger partial charge >= 0.3 is 6.18 Å². The molecule has 1 heterocycles. The number of aromatic amines is 1. The number of nitrogens with one attached hydrogen (secondary N) is 1. The summed E-state index contributed by atoms with van der Waals surface area (Å²) < 4.78 is 34.9. The van der Waals surface area contributed by atoms with Crippen LogP contribution in [0.2, 0.25) is 0 Å². The van der Waals surface area contributed by atoms with Gasteiger partial charge in [0.15, 0.2) is 0 Å². The van der Waals surface area contributed by atoms with Gasteiger partial charge in [-0.3, -0.25) is 0 Å². The first-order valence-electron chi connectivity index (χ1n) is 2.50. The van der Waals surface area contributed by atoms with Crippen molar-refractivity contribution in [1.29, 1.82) is 0 Å². The maximum absolute atomic E-state index is 11.6. The van der Waals surface area contributed by atoms with Crippen LogP contribution in [-0.2, 0) is 0 Å². The van der Waals surface area contributed by atoms with Gasteiger partial charge in [0, 0.05) is 0 Å². The Morgan fingerprint density at radius 3 is 2.45 bits per heavy atom. The molecule has 0 saturated carbocycles. The van der Waals surface area contributed by atoms with Gasteiger partial charge in [0.1, 0.15) is 0 Å². The zero-order valence-corrected chi connectivity index (χ0v) is 5.00. The molecule has 0 aliphatic carbocycles. The Labute approximate surface area is 58.2 Å².